The molecule has 3 aromatic rings. The van der Waals surface area contributed by atoms with E-state index in [-0.39, 0.29) is 24.2 Å². The lowest BCUT2D eigenvalue weighted by atomic mass is 9.95. The number of halogens is 4. The van der Waals surface area contributed by atoms with Crippen molar-refractivity contribution in [1.29, 1.82) is 0 Å². The summed E-state index contributed by atoms with van der Waals surface area (Å²) in [6.45, 7) is 0.819. The highest BCUT2D eigenvalue weighted by atomic mass is 32.1. The minimum atomic E-state index is -4.40. The van der Waals surface area contributed by atoms with E-state index in [1.807, 2.05) is 0 Å². The van der Waals surface area contributed by atoms with Gasteiger partial charge >= 0.3 is 6.18 Å². The quantitative estimate of drug-likeness (QED) is 0.488. The Morgan fingerprint density at radius 3 is 2.47 bits per heavy atom. The van der Waals surface area contributed by atoms with E-state index in [4.69, 9.17) is 0 Å². The Bertz CT molecular complexity index is 1170. The molecule has 0 spiro atoms. The molecule has 4 rings (SSSR count). The van der Waals surface area contributed by atoms with Crippen LogP contribution in [-0.2, 0) is 17.4 Å². The van der Waals surface area contributed by atoms with Gasteiger partial charge in [0.15, 0.2) is 5.13 Å². The van der Waals surface area contributed by atoms with Crippen LogP contribution in [0.5, 0.6) is 0 Å². The monoisotopic (exact) mass is 491 g/mol. The highest BCUT2D eigenvalue weighted by molar-refractivity contribution is 7.15. The Morgan fingerprint density at radius 2 is 1.79 bits per heavy atom. The Morgan fingerprint density at radius 1 is 1.09 bits per heavy atom. The van der Waals surface area contributed by atoms with E-state index in [2.05, 4.69) is 10.3 Å². The minimum absolute atomic E-state index is 0.196. The van der Waals surface area contributed by atoms with Crippen molar-refractivity contribution in [3.05, 3.63) is 82.1 Å². The first-order chi connectivity index (χ1) is 16.2. The summed E-state index contributed by atoms with van der Waals surface area (Å²) in [7, 11) is 0. The maximum atomic E-state index is 13.1. The standard InChI is InChI=1S/C24H21F4N3O2S/c25-19-6-4-17(5-7-19)22(33)31-10-8-16(9-11-31)21(32)30-23-29-14-20(34-23)13-15-2-1-3-18(12-15)24(26,27)28/h1-7,12,14,16H,8-11,13H2,(H,29,30,32). The van der Waals surface area contributed by atoms with Crippen molar-refractivity contribution in [3.63, 3.8) is 0 Å². The number of hydrogen-bond acceptors (Lipinski definition) is 4. The highest BCUT2D eigenvalue weighted by Crippen LogP contribution is 2.31. The SMILES string of the molecule is O=C(Nc1ncc(Cc2cccc(C(F)(F)F)c2)s1)C1CCN(C(=O)c2ccc(F)cc2)CC1. The second-order valence-electron chi connectivity index (χ2n) is 8.07. The van der Waals surface area contributed by atoms with Gasteiger partial charge in [-0.25, -0.2) is 9.37 Å². The van der Waals surface area contributed by atoms with Crippen LogP contribution in [-0.4, -0.2) is 34.8 Å². The maximum absolute atomic E-state index is 13.1. The lowest BCUT2D eigenvalue weighted by Crippen LogP contribution is -2.41. The van der Waals surface area contributed by atoms with Crippen molar-refractivity contribution < 1.29 is 27.2 Å². The predicted octanol–water partition coefficient (Wildman–Crippen LogP) is 5.38. The molecule has 0 aliphatic carbocycles. The van der Waals surface area contributed by atoms with Gasteiger partial charge in [-0.3, -0.25) is 9.59 Å². The second kappa shape index (κ2) is 9.92. The van der Waals surface area contributed by atoms with Gasteiger partial charge < -0.3 is 10.2 Å². The third-order valence-electron chi connectivity index (χ3n) is 5.66. The first kappa shape index (κ1) is 23.9. The third kappa shape index (κ3) is 5.80. The predicted molar refractivity (Wildman–Crippen MR) is 120 cm³/mol. The molecule has 10 heteroatoms. The van der Waals surface area contributed by atoms with E-state index in [9.17, 15) is 27.2 Å². The van der Waals surface area contributed by atoms with Crippen LogP contribution < -0.4 is 5.32 Å². The number of alkyl halides is 3. The number of nitrogens with zero attached hydrogens (tertiary/aromatic N) is 2. The zero-order chi connectivity index (χ0) is 24.3. The molecular weight excluding hydrogens is 470 g/mol. The van der Waals surface area contributed by atoms with Gasteiger partial charge in [-0.05, 0) is 48.7 Å². The average Bonchev–Trinajstić information content (AvgIpc) is 3.25. The molecule has 1 fully saturated rings. The summed E-state index contributed by atoms with van der Waals surface area (Å²) in [4.78, 5) is 31.8. The van der Waals surface area contributed by atoms with Crippen LogP contribution in [0.4, 0.5) is 22.7 Å². The highest BCUT2D eigenvalue weighted by Gasteiger charge is 2.30. The Balaban J connectivity index is 1.30. The molecule has 1 aliphatic rings. The first-order valence-electron chi connectivity index (χ1n) is 10.7. The molecule has 0 unspecified atom stereocenters. The molecule has 1 aliphatic heterocycles. The van der Waals surface area contributed by atoms with Crippen molar-refractivity contribution >= 4 is 28.3 Å². The first-order valence-corrected chi connectivity index (χ1v) is 11.5. The number of rotatable bonds is 5. The molecule has 0 saturated carbocycles. The molecule has 5 nitrogen and oxygen atoms in total. The van der Waals surface area contributed by atoms with Gasteiger partial charge in [0.25, 0.3) is 5.91 Å². The van der Waals surface area contributed by atoms with Gasteiger partial charge in [-0.1, -0.05) is 18.2 Å². The van der Waals surface area contributed by atoms with Crippen molar-refractivity contribution in [2.75, 3.05) is 18.4 Å². The topological polar surface area (TPSA) is 62.3 Å². The zero-order valence-corrected chi connectivity index (χ0v) is 18.8. The summed E-state index contributed by atoms with van der Waals surface area (Å²) in [6.07, 6.45) is -1.60. The van der Waals surface area contributed by atoms with Crippen molar-refractivity contribution in [2.45, 2.75) is 25.4 Å². The largest absolute Gasteiger partial charge is 0.416 e. The van der Waals surface area contributed by atoms with E-state index >= 15 is 0 Å². The average molecular weight is 492 g/mol. The van der Waals surface area contributed by atoms with Crippen LogP contribution in [0.15, 0.2) is 54.7 Å². The fourth-order valence-corrected chi connectivity index (χ4v) is 4.68. The molecule has 1 aromatic heterocycles. The summed E-state index contributed by atoms with van der Waals surface area (Å²) < 4.78 is 51.8. The van der Waals surface area contributed by atoms with Crippen molar-refractivity contribution in [3.8, 4) is 0 Å². The molecule has 178 valence electrons. The van der Waals surface area contributed by atoms with Crippen LogP contribution in [0.3, 0.4) is 0 Å². The normalized spacial score (nSPS) is 14.8. The summed E-state index contributed by atoms with van der Waals surface area (Å²) in [5.41, 5.74) is 0.210. The van der Waals surface area contributed by atoms with Crippen molar-refractivity contribution in [2.24, 2.45) is 5.92 Å². The van der Waals surface area contributed by atoms with Gasteiger partial charge in [0.1, 0.15) is 5.82 Å². The number of anilines is 1. The van der Waals surface area contributed by atoms with Gasteiger partial charge in [-0.15, -0.1) is 11.3 Å². The number of aromatic nitrogens is 1. The molecule has 1 saturated heterocycles. The fourth-order valence-electron chi connectivity index (χ4n) is 3.83. The number of thiazole rings is 1. The Labute approximate surface area is 197 Å². The number of benzene rings is 2. The third-order valence-corrected chi connectivity index (χ3v) is 6.57. The number of likely N-dealkylation sites (tertiary alicyclic amines) is 1. The Kier molecular flexibility index (Phi) is 6.97. The molecule has 2 aromatic carbocycles. The summed E-state index contributed by atoms with van der Waals surface area (Å²) in [5, 5.41) is 3.16. The molecule has 1 N–H and O–H groups in total. The molecule has 34 heavy (non-hydrogen) atoms. The molecule has 2 amide bonds. The summed E-state index contributed by atoms with van der Waals surface area (Å²) in [5.74, 6) is -1.09. The van der Waals surface area contributed by atoms with E-state index in [1.165, 1.54) is 41.7 Å². The lowest BCUT2D eigenvalue weighted by Gasteiger charge is -2.31. The molecule has 0 bridgehead atoms. The number of carbonyl (C=O) groups excluding carboxylic acids is 2. The van der Waals surface area contributed by atoms with E-state index in [0.717, 1.165) is 17.0 Å². The van der Waals surface area contributed by atoms with E-state index in [1.54, 1.807) is 17.2 Å². The Hall–Kier alpha value is -3.27. The van der Waals surface area contributed by atoms with E-state index < -0.39 is 17.6 Å². The smallest absolute Gasteiger partial charge is 0.339 e. The van der Waals surface area contributed by atoms with Crippen LogP contribution in [0.25, 0.3) is 0 Å². The lowest BCUT2D eigenvalue weighted by molar-refractivity contribution is -0.137. The van der Waals surface area contributed by atoms with E-state index in [0.29, 0.717) is 42.2 Å². The molecule has 0 atom stereocenters. The number of amides is 2. The number of nitrogens with one attached hydrogen (secondary N) is 1. The van der Waals surface area contributed by atoms with Gasteiger partial charge in [0, 0.05) is 42.1 Å². The number of piperidine rings is 1. The van der Waals surface area contributed by atoms with Crippen LogP contribution in [0.1, 0.15) is 39.2 Å². The van der Waals surface area contributed by atoms with Gasteiger partial charge in [0.05, 0.1) is 5.56 Å². The second-order valence-corrected chi connectivity index (χ2v) is 9.18. The van der Waals surface area contributed by atoms with Gasteiger partial charge in [-0.2, -0.15) is 13.2 Å². The number of carbonyl (C=O) groups is 2. The van der Waals surface area contributed by atoms with Crippen LogP contribution >= 0.6 is 11.3 Å². The maximum Gasteiger partial charge on any atom is 0.416 e. The fraction of sp³-hybridized carbons (Fsp3) is 0.292. The minimum Gasteiger partial charge on any atom is -0.339 e. The summed E-state index contributed by atoms with van der Waals surface area (Å²) in [6, 6.07) is 10.5. The van der Waals surface area contributed by atoms with Gasteiger partial charge in [0.2, 0.25) is 5.91 Å². The molecular formula is C24H21F4N3O2S. The van der Waals surface area contributed by atoms with Crippen LogP contribution in [0, 0.1) is 11.7 Å². The molecule has 0 radical (unpaired) electrons. The van der Waals surface area contributed by atoms with Crippen LogP contribution in [0.2, 0.25) is 0 Å². The van der Waals surface area contributed by atoms with Crippen molar-refractivity contribution in [1.82, 2.24) is 9.88 Å². The molecule has 2 heterocycles. The summed E-state index contributed by atoms with van der Waals surface area (Å²) >= 11 is 1.22. The number of hydrogen-bond donors (Lipinski definition) is 1. The zero-order valence-electron chi connectivity index (χ0n) is 17.9.